The minimum Gasteiger partial charge on any atom is -0.395 e. The number of aliphatic hydroxyl groups is 1. The van der Waals surface area contributed by atoms with Crippen LogP contribution in [-0.2, 0) is 0 Å². The fourth-order valence-electron chi connectivity index (χ4n) is 1.59. The van der Waals surface area contributed by atoms with Gasteiger partial charge in [0.05, 0.1) is 6.61 Å². The summed E-state index contributed by atoms with van der Waals surface area (Å²) in [5.74, 6) is 5.78. The summed E-state index contributed by atoms with van der Waals surface area (Å²) in [6, 6.07) is 0. The van der Waals surface area contributed by atoms with E-state index in [1.165, 1.54) is 32.4 Å². The van der Waals surface area contributed by atoms with Gasteiger partial charge in [0.2, 0.25) is 0 Å². The average Bonchev–Trinajstić information content (AvgIpc) is 2.25. The molecule has 78 valence electrons. The number of aliphatic hydroxyl groups excluding tert-OH is 1. The first-order valence-electron chi connectivity index (χ1n) is 5.40. The molecule has 0 unspecified atom stereocenters. The van der Waals surface area contributed by atoms with Gasteiger partial charge in [-0.05, 0) is 32.0 Å². The normalized spacial score (nSPS) is 18.1. The lowest BCUT2D eigenvalue weighted by molar-refractivity contribution is 0.251. The van der Waals surface area contributed by atoms with Gasteiger partial charge < -0.3 is 5.11 Å². The highest BCUT2D eigenvalue weighted by Crippen LogP contribution is 2.07. The van der Waals surface area contributed by atoms with Crippen molar-refractivity contribution in [2.24, 2.45) is 0 Å². The van der Waals surface area contributed by atoms with Gasteiger partial charge in [0.15, 0.2) is 0 Å². The molecule has 0 aromatic rings. The zero-order chi connectivity index (χ0) is 10.1. The second kappa shape index (κ2) is 7.61. The van der Waals surface area contributed by atoms with Gasteiger partial charge in [0.25, 0.3) is 0 Å². The van der Waals surface area contributed by atoms with E-state index < -0.39 is 0 Å². The smallest absolute Gasteiger partial charge is 0.0540 e. The molecule has 0 bridgehead atoms. The van der Waals surface area contributed by atoms with Crippen LogP contribution in [0.25, 0.3) is 0 Å². The zero-order valence-corrected chi connectivity index (χ0v) is 8.71. The molecule has 0 amide bonds. The van der Waals surface area contributed by atoms with Gasteiger partial charge in [-0.1, -0.05) is 24.3 Å². The highest BCUT2D eigenvalue weighted by Gasteiger charge is 2.06. The summed E-state index contributed by atoms with van der Waals surface area (Å²) < 4.78 is 0. The van der Waals surface area contributed by atoms with Crippen LogP contribution in [0.4, 0.5) is 0 Å². The fourth-order valence-corrected chi connectivity index (χ4v) is 1.59. The molecule has 0 spiro atoms. The van der Waals surface area contributed by atoms with E-state index in [-0.39, 0.29) is 6.61 Å². The first-order chi connectivity index (χ1) is 6.93. The summed E-state index contributed by atoms with van der Waals surface area (Å²) in [6.45, 7) is 3.64. The Morgan fingerprint density at radius 3 is 2.71 bits per heavy atom. The minimum absolute atomic E-state index is 0.160. The Kier molecular flexibility index (Phi) is 6.14. The minimum atomic E-state index is 0.160. The van der Waals surface area contributed by atoms with Crippen LogP contribution in [-0.4, -0.2) is 36.2 Å². The van der Waals surface area contributed by atoms with Crippen LogP contribution < -0.4 is 0 Å². The Labute approximate surface area is 86.6 Å². The lowest BCUT2D eigenvalue weighted by Crippen LogP contribution is -2.29. The molecule has 0 aromatic heterocycles. The third kappa shape index (κ3) is 5.06. The number of rotatable bonds is 3. The van der Waals surface area contributed by atoms with Crippen molar-refractivity contribution >= 4 is 0 Å². The van der Waals surface area contributed by atoms with Crippen LogP contribution in [0, 0.1) is 11.8 Å². The molecular weight excluding hydrogens is 174 g/mol. The van der Waals surface area contributed by atoms with Crippen molar-refractivity contribution in [1.82, 2.24) is 4.90 Å². The average molecular weight is 193 g/mol. The predicted molar refractivity (Wildman–Crippen MR) is 58.9 cm³/mol. The quantitative estimate of drug-likeness (QED) is 0.685. The van der Waals surface area contributed by atoms with E-state index in [0.717, 1.165) is 6.54 Å². The second-order valence-corrected chi connectivity index (χ2v) is 3.56. The first-order valence-corrected chi connectivity index (χ1v) is 5.40. The van der Waals surface area contributed by atoms with Gasteiger partial charge in [0, 0.05) is 13.0 Å². The summed E-state index contributed by atoms with van der Waals surface area (Å²) in [5.41, 5.74) is 0. The molecule has 0 aliphatic carbocycles. The van der Waals surface area contributed by atoms with E-state index >= 15 is 0 Å². The molecule has 0 saturated carbocycles. The van der Waals surface area contributed by atoms with Crippen molar-refractivity contribution in [2.75, 3.05) is 26.2 Å². The third-order valence-electron chi connectivity index (χ3n) is 2.35. The van der Waals surface area contributed by atoms with Gasteiger partial charge >= 0.3 is 0 Å². The van der Waals surface area contributed by atoms with E-state index in [2.05, 4.69) is 22.8 Å². The first kappa shape index (κ1) is 11.3. The summed E-state index contributed by atoms with van der Waals surface area (Å²) in [4.78, 5) is 2.45. The van der Waals surface area contributed by atoms with Gasteiger partial charge in [-0.25, -0.2) is 0 Å². The Hall–Kier alpha value is -0.780. The van der Waals surface area contributed by atoms with Crippen LogP contribution in [0.1, 0.15) is 25.7 Å². The summed E-state index contributed by atoms with van der Waals surface area (Å²) in [7, 11) is 0. The molecule has 14 heavy (non-hydrogen) atoms. The molecule has 1 N–H and O–H groups in total. The number of likely N-dealkylation sites (tertiary alicyclic amines) is 1. The van der Waals surface area contributed by atoms with Crippen LogP contribution in [0.5, 0.6) is 0 Å². The SMILES string of the molecule is OCCC#C/C=C\CN1CCCCC1. The molecule has 1 fully saturated rings. The number of nitrogens with zero attached hydrogens (tertiary/aromatic N) is 1. The standard InChI is InChI=1S/C12H19NO/c14-12-8-3-1-2-5-9-13-10-6-4-7-11-13/h2,5,14H,4,6-12H2/b5-2-. The number of hydrogen-bond acceptors (Lipinski definition) is 2. The van der Waals surface area contributed by atoms with E-state index in [4.69, 9.17) is 5.11 Å². The maximum absolute atomic E-state index is 8.49. The van der Waals surface area contributed by atoms with Crippen LogP contribution >= 0.6 is 0 Å². The molecular formula is C12H19NO. The molecule has 1 aliphatic rings. The van der Waals surface area contributed by atoms with Gasteiger partial charge in [0.1, 0.15) is 0 Å². The van der Waals surface area contributed by atoms with Crippen molar-refractivity contribution in [3.63, 3.8) is 0 Å². The fraction of sp³-hybridized carbons (Fsp3) is 0.667. The monoisotopic (exact) mass is 193 g/mol. The van der Waals surface area contributed by atoms with Crippen molar-refractivity contribution in [2.45, 2.75) is 25.7 Å². The van der Waals surface area contributed by atoms with Crippen LogP contribution in [0.15, 0.2) is 12.2 Å². The second-order valence-electron chi connectivity index (χ2n) is 3.56. The van der Waals surface area contributed by atoms with Gasteiger partial charge in [-0.15, -0.1) is 0 Å². The Morgan fingerprint density at radius 2 is 2.00 bits per heavy atom. The van der Waals surface area contributed by atoms with E-state index in [0.29, 0.717) is 6.42 Å². The van der Waals surface area contributed by atoms with E-state index in [9.17, 15) is 0 Å². The highest BCUT2D eigenvalue weighted by atomic mass is 16.2. The number of hydrogen-bond donors (Lipinski definition) is 1. The molecule has 1 saturated heterocycles. The van der Waals surface area contributed by atoms with Crippen molar-refractivity contribution < 1.29 is 5.11 Å². The lowest BCUT2D eigenvalue weighted by Gasteiger charge is -2.24. The van der Waals surface area contributed by atoms with E-state index in [1.54, 1.807) is 0 Å². The molecule has 1 rings (SSSR count). The number of allylic oxidation sites excluding steroid dienone is 1. The molecule has 1 heterocycles. The van der Waals surface area contributed by atoms with Crippen molar-refractivity contribution in [3.8, 4) is 11.8 Å². The van der Waals surface area contributed by atoms with Gasteiger partial charge in [-0.2, -0.15) is 0 Å². The molecule has 0 radical (unpaired) electrons. The molecule has 0 aromatic carbocycles. The third-order valence-corrected chi connectivity index (χ3v) is 2.35. The predicted octanol–water partition coefficient (Wildman–Crippen LogP) is 1.41. The zero-order valence-electron chi connectivity index (χ0n) is 8.71. The lowest BCUT2D eigenvalue weighted by atomic mass is 10.1. The highest BCUT2D eigenvalue weighted by molar-refractivity contribution is 5.15. The largest absolute Gasteiger partial charge is 0.395 e. The van der Waals surface area contributed by atoms with Crippen molar-refractivity contribution in [1.29, 1.82) is 0 Å². The maximum atomic E-state index is 8.49. The molecule has 2 heteroatoms. The van der Waals surface area contributed by atoms with Gasteiger partial charge in [-0.3, -0.25) is 4.90 Å². The molecule has 1 aliphatic heterocycles. The van der Waals surface area contributed by atoms with Crippen molar-refractivity contribution in [3.05, 3.63) is 12.2 Å². The Morgan fingerprint density at radius 1 is 1.21 bits per heavy atom. The topological polar surface area (TPSA) is 23.5 Å². The molecule has 0 atom stereocenters. The van der Waals surface area contributed by atoms with E-state index in [1.807, 2.05) is 6.08 Å². The summed E-state index contributed by atoms with van der Waals surface area (Å²) >= 11 is 0. The van der Waals surface area contributed by atoms with Crippen LogP contribution in [0.3, 0.4) is 0 Å². The Balaban J connectivity index is 2.10. The summed E-state index contributed by atoms with van der Waals surface area (Å²) in [5, 5.41) is 8.49. The molecule has 2 nitrogen and oxygen atoms in total. The summed E-state index contributed by atoms with van der Waals surface area (Å²) in [6.07, 6.45) is 8.64. The maximum Gasteiger partial charge on any atom is 0.0540 e. The number of piperidine rings is 1. The Bertz CT molecular complexity index is 218. The van der Waals surface area contributed by atoms with Crippen LogP contribution in [0.2, 0.25) is 0 Å².